The lowest BCUT2D eigenvalue weighted by Gasteiger charge is -2.38. The van der Waals surface area contributed by atoms with E-state index in [1.54, 1.807) is 0 Å². The Balaban J connectivity index is 1.11. The summed E-state index contributed by atoms with van der Waals surface area (Å²) in [6.07, 6.45) is 30.4. The monoisotopic (exact) mass is 426 g/mol. The average molecular weight is 427 g/mol. The number of ether oxygens (including phenoxy) is 1. The number of hydrogen-bond acceptors (Lipinski definition) is 1. The van der Waals surface area contributed by atoms with Crippen molar-refractivity contribution in [2.45, 2.75) is 116 Å². The van der Waals surface area contributed by atoms with Gasteiger partial charge in [-0.3, -0.25) is 0 Å². The van der Waals surface area contributed by atoms with Gasteiger partial charge in [-0.2, -0.15) is 0 Å². The Morgan fingerprint density at radius 1 is 0.710 bits per heavy atom. The Labute approximate surface area is 193 Å². The summed E-state index contributed by atoms with van der Waals surface area (Å²) in [7, 11) is 0. The summed E-state index contributed by atoms with van der Waals surface area (Å²) in [5.41, 5.74) is 0. The van der Waals surface area contributed by atoms with Crippen LogP contribution in [-0.4, -0.2) is 12.7 Å². The van der Waals surface area contributed by atoms with Gasteiger partial charge < -0.3 is 4.74 Å². The van der Waals surface area contributed by atoms with Gasteiger partial charge in [-0.15, -0.1) is 6.58 Å². The van der Waals surface area contributed by atoms with E-state index in [1.165, 1.54) is 103 Å². The molecule has 3 saturated carbocycles. The first-order valence-electron chi connectivity index (χ1n) is 14.1. The van der Waals surface area contributed by atoms with Gasteiger partial charge in [0.15, 0.2) is 0 Å². The molecule has 4 rings (SSSR count). The molecule has 0 N–H and O–H groups in total. The van der Waals surface area contributed by atoms with Crippen LogP contribution in [0.1, 0.15) is 110 Å². The number of hydrogen-bond donors (Lipinski definition) is 0. The molecule has 0 heterocycles. The van der Waals surface area contributed by atoms with Crippen LogP contribution in [0.5, 0.6) is 0 Å². The second-order valence-electron chi connectivity index (χ2n) is 11.9. The summed E-state index contributed by atoms with van der Waals surface area (Å²) in [4.78, 5) is 0. The van der Waals surface area contributed by atoms with E-state index in [2.05, 4.69) is 31.7 Å². The molecular weight excluding hydrogens is 376 g/mol. The summed E-state index contributed by atoms with van der Waals surface area (Å²) < 4.78 is 6.41. The van der Waals surface area contributed by atoms with Crippen molar-refractivity contribution in [2.75, 3.05) is 6.61 Å². The summed E-state index contributed by atoms with van der Waals surface area (Å²) in [5, 5.41) is 0. The summed E-state index contributed by atoms with van der Waals surface area (Å²) in [6, 6.07) is 0. The SMILES string of the molecule is C=CCCC1CCC(OCC2CCC(C3C=CC(C4CCC(C)CC4)CC3)CC2)CC1. The predicted molar refractivity (Wildman–Crippen MR) is 133 cm³/mol. The Morgan fingerprint density at radius 2 is 1.26 bits per heavy atom. The topological polar surface area (TPSA) is 9.23 Å². The van der Waals surface area contributed by atoms with Crippen molar-refractivity contribution in [3.8, 4) is 0 Å². The molecule has 1 heteroatoms. The normalized spacial score (nSPS) is 41.7. The highest BCUT2D eigenvalue weighted by atomic mass is 16.5. The molecule has 0 saturated heterocycles. The average Bonchev–Trinajstić information content (AvgIpc) is 2.83. The molecule has 0 amide bonds. The van der Waals surface area contributed by atoms with Gasteiger partial charge in [0.05, 0.1) is 6.10 Å². The van der Waals surface area contributed by atoms with Gasteiger partial charge in [-0.25, -0.2) is 0 Å². The lowest BCUT2D eigenvalue weighted by molar-refractivity contribution is -0.0114. The lowest BCUT2D eigenvalue weighted by atomic mass is 9.68. The van der Waals surface area contributed by atoms with Crippen molar-refractivity contribution in [1.82, 2.24) is 0 Å². The van der Waals surface area contributed by atoms with E-state index in [0.29, 0.717) is 6.10 Å². The fraction of sp³-hybridized carbons (Fsp3) is 0.867. The van der Waals surface area contributed by atoms with E-state index in [4.69, 9.17) is 4.74 Å². The first-order valence-corrected chi connectivity index (χ1v) is 14.1. The zero-order chi connectivity index (χ0) is 21.5. The molecule has 0 aromatic heterocycles. The molecule has 0 radical (unpaired) electrons. The smallest absolute Gasteiger partial charge is 0.0575 e. The first-order chi connectivity index (χ1) is 15.2. The highest BCUT2D eigenvalue weighted by molar-refractivity contribution is 5.03. The van der Waals surface area contributed by atoms with Gasteiger partial charge in [0.2, 0.25) is 0 Å². The molecule has 2 unspecified atom stereocenters. The van der Waals surface area contributed by atoms with Gasteiger partial charge in [-0.1, -0.05) is 38.0 Å². The molecule has 31 heavy (non-hydrogen) atoms. The van der Waals surface area contributed by atoms with E-state index in [-0.39, 0.29) is 0 Å². The van der Waals surface area contributed by atoms with Gasteiger partial charge in [-0.05, 0) is 131 Å². The highest BCUT2D eigenvalue weighted by Gasteiger charge is 2.32. The van der Waals surface area contributed by atoms with Crippen LogP contribution in [0.25, 0.3) is 0 Å². The van der Waals surface area contributed by atoms with Gasteiger partial charge >= 0.3 is 0 Å². The maximum absolute atomic E-state index is 6.41. The molecule has 1 nitrogen and oxygen atoms in total. The van der Waals surface area contributed by atoms with Crippen molar-refractivity contribution < 1.29 is 4.74 Å². The number of rotatable bonds is 8. The molecule has 4 aliphatic rings. The van der Waals surface area contributed by atoms with Crippen LogP contribution < -0.4 is 0 Å². The minimum Gasteiger partial charge on any atom is -0.378 e. The summed E-state index contributed by atoms with van der Waals surface area (Å²) in [5.74, 6) is 6.48. The minimum atomic E-state index is 0.554. The Morgan fingerprint density at radius 3 is 1.81 bits per heavy atom. The van der Waals surface area contributed by atoms with Crippen LogP contribution in [0.15, 0.2) is 24.8 Å². The first kappa shape index (κ1) is 23.6. The molecule has 3 fully saturated rings. The lowest BCUT2D eigenvalue weighted by Crippen LogP contribution is -2.29. The van der Waals surface area contributed by atoms with Crippen LogP contribution in [0, 0.1) is 41.4 Å². The molecule has 4 aliphatic carbocycles. The zero-order valence-electron chi connectivity index (χ0n) is 20.5. The van der Waals surface area contributed by atoms with Crippen LogP contribution in [0.3, 0.4) is 0 Å². The number of allylic oxidation sites excluding steroid dienone is 3. The van der Waals surface area contributed by atoms with Crippen molar-refractivity contribution in [2.24, 2.45) is 41.4 Å². The van der Waals surface area contributed by atoms with Gasteiger partial charge in [0, 0.05) is 6.61 Å². The summed E-state index contributed by atoms with van der Waals surface area (Å²) in [6.45, 7) is 7.36. The van der Waals surface area contributed by atoms with Crippen LogP contribution >= 0.6 is 0 Å². The van der Waals surface area contributed by atoms with Crippen molar-refractivity contribution in [1.29, 1.82) is 0 Å². The fourth-order valence-corrected chi connectivity index (χ4v) is 7.36. The third kappa shape index (κ3) is 6.96. The van der Waals surface area contributed by atoms with E-state index in [9.17, 15) is 0 Å². The molecule has 0 spiro atoms. The molecule has 0 aliphatic heterocycles. The second-order valence-corrected chi connectivity index (χ2v) is 11.9. The van der Waals surface area contributed by atoms with E-state index in [0.717, 1.165) is 48.0 Å². The van der Waals surface area contributed by atoms with Gasteiger partial charge in [0.1, 0.15) is 0 Å². The Bertz CT molecular complexity index is 541. The Hall–Kier alpha value is -0.560. The third-order valence-corrected chi connectivity index (χ3v) is 9.74. The quantitative estimate of drug-likeness (QED) is 0.352. The molecular formula is C30H50O. The van der Waals surface area contributed by atoms with Gasteiger partial charge in [0.25, 0.3) is 0 Å². The molecule has 0 aromatic carbocycles. The largest absolute Gasteiger partial charge is 0.378 e. The van der Waals surface area contributed by atoms with Crippen LogP contribution in [-0.2, 0) is 4.74 Å². The fourth-order valence-electron chi connectivity index (χ4n) is 7.36. The predicted octanol–water partition coefficient (Wildman–Crippen LogP) is 8.74. The zero-order valence-corrected chi connectivity index (χ0v) is 20.5. The molecule has 2 atom stereocenters. The second kappa shape index (κ2) is 12.1. The van der Waals surface area contributed by atoms with E-state index < -0.39 is 0 Å². The van der Waals surface area contributed by atoms with Crippen LogP contribution in [0.4, 0.5) is 0 Å². The maximum Gasteiger partial charge on any atom is 0.0575 e. The van der Waals surface area contributed by atoms with Crippen molar-refractivity contribution in [3.05, 3.63) is 24.8 Å². The van der Waals surface area contributed by atoms with E-state index in [1.807, 2.05) is 0 Å². The standard InChI is InChI=1S/C30H50O/c1-3-4-5-24-10-20-30(21-11-24)31-22-25-8-14-27(15-9-25)29-18-16-28(17-19-29)26-12-6-23(2)7-13-26/h3,16,18,23-30H,1,4-15,17,19-22H2,2H3. The van der Waals surface area contributed by atoms with Crippen molar-refractivity contribution >= 4 is 0 Å². The Kier molecular flexibility index (Phi) is 9.18. The summed E-state index contributed by atoms with van der Waals surface area (Å²) >= 11 is 0. The van der Waals surface area contributed by atoms with E-state index >= 15 is 0 Å². The maximum atomic E-state index is 6.41. The van der Waals surface area contributed by atoms with Crippen LogP contribution in [0.2, 0.25) is 0 Å². The minimum absolute atomic E-state index is 0.554. The third-order valence-electron chi connectivity index (χ3n) is 9.74. The molecule has 0 bridgehead atoms. The molecule has 176 valence electrons. The highest BCUT2D eigenvalue weighted by Crippen LogP contribution is 2.43. The van der Waals surface area contributed by atoms with Crippen molar-refractivity contribution in [3.63, 3.8) is 0 Å². The molecule has 0 aromatic rings.